The first kappa shape index (κ1) is 12.9. The Morgan fingerprint density at radius 3 is 2.67 bits per heavy atom. The fraction of sp³-hybridized carbons (Fsp3) is 0.500. The second-order valence-corrected chi connectivity index (χ2v) is 4.80. The van der Waals surface area contributed by atoms with Crippen molar-refractivity contribution in [2.75, 3.05) is 13.7 Å². The molecule has 4 heteroatoms. The van der Waals surface area contributed by atoms with Crippen LogP contribution in [0.1, 0.15) is 36.0 Å². The minimum Gasteiger partial charge on any atom is -0.496 e. The molecule has 0 spiro atoms. The number of carbonyl (C=O) groups is 1. The fourth-order valence-corrected chi connectivity index (χ4v) is 2.51. The topological polar surface area (TPSA) is 58.6 Å². The molecule has 0 radical (unpaired) electrons. The Labute approximate surface area is 107 Å². The number of nitrogens with one attached hydrogen (secondary N) is 1. The van der Waals surface area contributed by atoms with E-state index in [0.717, 1.165) is 25.7 Å². The zero-order valence-corrected chi connectivity index (χ0v) is 10.6. The van der Waals surface area contributed by atoms with Crippen molar-refractivity contribution in [2.24, 2.45) is 0 Å². The monoisotopic (exact) mass is 249 g/mol. The molecule has 1 aliphatic rings. The van der Waals surface area contributed by atoms with E-state index in [1.807, 2.05) is 6.07 Å². The summed E-state index contributed by atoms with van der Waals surface area (Å²) >= 11 is 0. The average Bonchev–Trinajstić information content (AvgIpc) is 2.87. The quantitative estimate of drug-likeness (QED) is 0.854. The van der Waals surface area contributed by atoms with Crippen LogP contribution in [0.2, 0.25) is 0 Å². The van der Waals surface area contributed by atoms with Gasteiger partial charge in [-0.05, 0) is 25.0 Å². The van der Waals surface area contributed by atoms with Crippen molar-refractivity contribution in [3.8, 4) is 5.75 Å². The highest BCUT2D eigenvalue weighted by molar-refractivity contribution is 5.97. The standard InChI is InChI=1S/C14H19NO3/c1-18-12-7-3-2-6-11(12)13(17)15-14(10-16)8-4-5-9-14/h2-3,6-7,16H,4-5,8-10H2,1H3,(H,15,17). The molecule has 4 nitrogen and oxygen atoms in total. The Morgan fingerprint density at radius 1 is 1.39 bits per heavy atom. The van der Waals surface area contributed by atoms with E-state index in [4.69, 9.17) is 4.74 Å². The van der Waals surface area contributed by atoms with Crippen molar-refractivity contribution in [3.05, 3.63) is 29.8 Å². The third-order valence-corrected chi connectivity index (χ3v) is 3.59. The first-order valence-corrected chi connectivity index (χ1v) is 6.27. The Morgan fingerprint density at radius 2 is 2.06 bits per heavy atom. The van der Waals surface area contributed by atoms with E-state index in [9.17, 15) is 9.90 Å². The van der Waals surface area contributed by atoms with Crippen LogP contribution >= 0.6 is 0 Å². The summed E-state index contributed by atoms with van der Waals surface area (Å²) in [7, 11) is 1.55. The van der Waals surface area contributed by atoms with Gasteiger partial charge in [0.25, 0.3) is 5.91 Å². The van der Waals surface area contributed by atoms with E-state index in [0.29, 0.717) is 11.3 Å². The number of benzene rings is 1. The molecule has 1 saturated carbocycles. The molecule has 2 rings (SSSR count). The van der Waals surface area contributed by atoms with Crippen LogP contribution in [0.4, 0.5) is 0 Å². The number of aliphatic hydroxyl groups excluding tert-OH is 1. The van der Waals surface area contributed by atoms with Gasteiger partial charge in [0.15, 0.2) is 0 Å². The lowest BCUT2D eigenvalue weighted by Gasteiger charge is -2.28. The number of rotatable bonds is 4. The molecule has 18 heavy (non-hydrogen) atoms. The fourth-order valence-electron chi connectivity index (χ4n) is 2.51. The number of carbonyl (C=O) groups excluding carboxylic acids is 1. The van der Waals surface area contributed by atoms with Crippen LogP contribution in [-0.4, -0.2) is 30.3 Å². The molecule has 1 aromatic carbocycles. The summed E-state index contributed by atoms with van der Waals surface area (Å²) in [5, 5.41) is 12.5. The van der Waals surface area contributed by atoms with Crippen LogP contribution in [0.3, 0.4) is 0 Å². The number of ether oxygens (including phenoxy) is 1. The van der Waals surface area contributed by atoms with Gasteiger partial charge in [-0.15, -0.1) is 0 Å². The molecule has 0 atom stereocenters. The first-order valence-electron chi connectivity index (χ1n) is 6.27. The second-order valence-electron chi connectivity index (χ2n) is 4.80. The van der Waals surface area contributed by atoms with Gasteiger partial charge >= 0.3 is 0 Å². The number of aliphatic hydroxyl groups is 1. The maximum atomic E-state index is 12.2. The zero-order chi connectivity index (χ0) is 13.0. The van der Waals surface area contributed by atoms with E-state index >= 15 is 0 Å². The van der Waals surface area contributed by atoms with E-state index in [-0.39, 0.29) is 12.5 Å². The normalized spacial score (nSPS) is 17.4. The average molecular weight is 249 g/mol. The molecule has 1 aliphatic carbocycles. The van der Waals surface area contributed by atoms with Crippen LogP contribution in [0.25, 0.3) is 0 Å². The third kappa shape index (κ3) is 2.48. The van der Waals surface area contributed by atoms with Gasteiger partial charge in [-0.3, -0.25) is 4.79 Å². The molecule has 2 N–H and O–H groups in total. The van der Waals surface area contributed by atoms with Crippen LogP contribution in [0.5, 0.6) is 5.75 Å². The van der Waals surface area contributed by atoms with Crippen molar-refractivity contribution in [1.29, 1.82) is 0 Å². The lowest BCUT2D eigenvalue weighted by molar-refractivity contribution is 0.0835. The van der Waals surface area contributed by atoms with Gasteiger partial charge in [0.1, 0.15) is 5.75 Å². The molecule has 0 heterocycles. The number of para-hydroxylation sites is 1. The highest BCUT2D eigenvalue weighted by Gasteiger charge is 2.35. The summed E-state index contributed by atoms with van der Waals surface area (Å²) in [6.45, 7) is -0.00606. The minimum absolute atomic E-state index is 0.00606. The van der Waals surface area contributed by atoms with Gasteiger partial charge < -0.3 is 15.2 Å². The maximum absolute atomic E-state index is 12.2. The second kappa shape index (κ2) is 5.40. The molecule has 0 bridgehead atoms. The Kier molecular flexibility index (Phi) is 3.87. The Hall–Kier alpha value is -1.55. The zero-order valence-electron chi connectivity index (χ0n) is 10.6. The Balaban J connectivity index is 2.16. The molecular weight excluding hydrogens is 230 g/mol. The van der Waals surface area contributed by atoms with Crippen molar-refractivity contribution >= 4 is 5.91 Å². The molecule has 98 valence electrons. The third-order valence-electron chi connectivity index (χ3n) is 3.59. The van der Waals surface area contributed by atoms with Crippen LogP contribution in [0, 0.1) is 0 Å². The molecular formula is C14H19NO3. The molecule has 1 fully saturated rings. The van der Waals surface area contributed by atoms with Crippen molar-refractivity contribution in [1.82, 2.24) is 5.32 Å². The van der Waals surface area contributed by atoms with E-state index in [2.05, 4.69) is 5.32 Å². The summed E-state index contributed by atoms with van der Waals surface area (Å²) in [6, 6.07) is 7.12. The Bertz CT molecular complexity index is 425. The summed E-state index contributed by atoms with van der Waals surface area (Å²) in [6.07, 6.45) is 3.77. The molecule has 0 unspecified atom stereocenters. The largest absolute Gasteiger partial charge is 0.496 e. The molecule has 0 aromatic heterocycles. The molecule has 1 aromatic rings. The number of hydrogen-bond acceptors (Lipinski definition) is 3. The van der Waals surface area contributed by atoms with Crippen LogP contribution in [-0.2, 0) is 0 Å². The lowest BCUT2D eigenvalue weighted by atomic mass is 9.98. The summed E-state index contributed by atoms with van der Waals surface area (Å²) in [5.74, 6) is 0.379. The molecule has 0 saturated heterocycles. The first-order chi connectivity index (χ1) is 8.71. The van der Waals surface area contributed by atoms with Crippen LogP contribution < -0.4 is 10.1 Å². The van der Waals surface area contributed by atoms with E-state index in [1.54, 1.807) is 25.3 Å². The van der Waals surface area contributed by atoms with Crippen molar-refractivity contribution in [2.45, 2.75) is 31.2 Å². The van der Waals surface area contributed by atoms with Gasteiger partial charge in [0, 0.05) is 0 Å². The maximum Gasteiger partial charge on any atom is 0.255 e. The highest BCUT2D eigenvalue weighted by Crippen LogP contribution is 2.30. The van der Waals surface area contributed by atoms with E-state index in [1.165, 1.54) is 0 Å². The highest BCUT2D eigenvalue weighted by atomic mass is 16.5. The minimum atomic E-state index is -0.446. The summed E-state index contributed by atoms with van der Waals surface area (Å²) < 4.78 is 5.17. The number of amides is 1. The SMILES string of the molecule is COc1ccccc1C(=O)NC1(CO)CCCC1. The summed E-state index contributed by atoms with van der Waals surface area (Å²) in [5.41, 5.74) is 0.0671. The lowest BCUT2D eigenvalue weighted by Crippen LogP contribution is -2.49. The van der Waals surface area contributed by atoms with Gasteiger partial charge in [-0.25, -0.2) is 0 Å². The predicted molar refractivity (Wildman–Crippen MR) is 68.7 cm³/mol. The predicted octanol–water partition coefficient (Wildman–Crippen LogP) is 1.73. The van der Waals surface area contributed by atoms with Gasteiger partial charge in [0.05, 0.1) is 24.8 Å². The number of hydrogen-bond donors (Lipinski definition) is 2. The van der Waals surface area contributed by atoms with Gasteiger partial charge in [0.2, 0.25) is 0 Å². The van der Waals surface area contributed by atoms with Crippen LogP contribution in [0.15, 0.2) is 24.3 Å². The smallest absolute Gasteiger partial charge is 0.255 e. The molecule has 0 aliphatic heterocycles. The van der Waals surface area contributed by atoms with Gasteiger partial charge in [-0.2, -0.15) is 0 Å². The summed E-state index contributed by atoms with van der Waals surface area (Å²) in [4.78, 5) is 12.2. The molecule has 1 amide bonds. The van der Waals surface area contributed by atoms with Gasteiger partial charge in [-0.1, -0.05) is 25.0 Å². The van der Waals surface area contributed by atoms with Crippen molar-refractivity contribution in [3.63, 3.8) is 0 Å². The number of methoxy groups -OCH3 is 1. The van der Waals surface area contributed by atoms with Crippen molar-refractivity contribution < 1.29 is 14.6 Å². The van der Waals surface area contributed by atoms with E-state index < -0.39 is 5.54 Å².